The van der Waals surface area contributed by atoms with Gasteiger partial charge in [0, 0.05) is 38.0 Å². The van der Waals surface area contributed by atoms with Gasteiger partial charge in [-0.1, -0.05) is 54.2 Å². The molecule has 0 atom stereocenters. The molecule has 128 valence electrons. The number of hydrogen-bond acceptors (Lipinski definition) is 4. The Labute approximate surface area is 151 Å². The Morgan fingerprint density at radius 2 is 1.72 bits per heavy atom. The van der Waals surface area contributed by atoms with E-state index in [9.17, 15) is 4.79 Å². The highest BCUT2D eigenvalue weighted by atomic mass is 32.2. The van der Waals surface area contributed by atoms with Crippen molar-refractivity contribution >= 4 is 17.7 Å². The van der Waals surface area contributed by atoms with Gasteiger partial charge in [-0.2, -0.15) is 0 Å². The maximum absolute atomic E-state index is 11.9. The predicted molar refractivity (Wildman–Crippen MR) is 100 cm³/mol. The van der Waals surface area contributed by atoms with Crippen LogP contribution in [0.15, 0.2) is 59.8 Å². The average Bonchev–Trinajstić information content (AvgIpc) is 3.01. The van der Waals surface area contributed by atoms with Crippen LogP contribution in [-0.2, 0) is 12.8 Å². The highest BCUT2D eigenvalue weighted by Crippen LogP contribution is 2.25. The maximum Gasteiger partial charge on any atom is 0.253 e. The third-order valence-corrected chi connectivity index (χ3v) is 4.93. The molecule has 0 aliphatic carbocycles. The molecule has 0 bridgehead atoms. The van der Waals surface area contributed by atoms with Gasteiger partial charge in [0.1, 0.15) is 0 Å². The first-order chi connectivity index (χ1) is 12.1. The molecular weight excluding hydrogens is 332 g/mol. The number of thioether (sulfide) groups is 1. The fourth-order valence-corrected chi connectivity index (χ4v) is 3.30. The van der Waals surface area contributed by atoms with Crippen molar-refractivity contribution in [3.8, 4) is 11.4 Å². The molecule has 1 aromatic heterocycles. The third kappa shape index (κ3) is 3.91. The zero-order valence-corrected chi connectivity index (χ0v) is 15.3. The summed E-state index contributed by atoms with van der Waals surface area (Å²) in [6, 6.07) is 17.7. The molecule has 5 nitrogen and oxygen atoms in total. The van der Waals surface area contributed by atoms with Crippen LogP contribution in [0.1, 0.15) is 15.9 Å². The van der Waals surface area contributed by atoms with Crippen molar-refractivity contribution in [1.82, 2.24) is 19.7 Å². The van der Waals surface area contributed by atoms with Crippen LogP contribution in [0.25, 0.3) is 11.4 Å². The largest absolute Gasteiger partial charge is 0.345 e. The molecule has 0 spiro atoms. The Morgan fingerprint density at radius 3 is 2.36 bits per heavy atom. The van der Waals surface area contributed by atoms with Gasteiger partial charge in [0.25, 0.3) is 5.91 Å². The molecular formula is C19H20N4OS. The van der Waals surface area contributed by atoms with Crippen LogP contribution in [0.3, 0.4) is 0 Å². The molecule has 2 aromatic carbocycles. The zero-order valence-electron chi connectivity index (χ0n) is 14.5. The Balaban J connectivity index is 1.68. The summed E-state index contributed by atoms with van der Waals surface area (Å²) < 4.78 is 2.00. The van der Waals surface area contributed by atoms with Gasteiger partial charge in [-0.15, -0.1) is 10.2 Å². The minimum absolute atomic E-state index is 0.0139. The van der Waals surface area contributed by atoms with Crippen molar-refractivity contribution in [1.29, 1.82) is 0 Å². The van der Waals surface area contributed by atoms with E-state index in [1.807, 2.05) is 66.2 Å². The molecule has 6 heteroatoms. The molecule has 0 N–H and O–H groups in total. The van der Waals surface area contributed by atoms with Crippen LogP contribution >= 0.6 is 11.8 Å². The average molecular weight is 352 g/mol. The minimum Gasteiger partial charge on any atom is -0.345 e. The van der Waals surface area contributed by atoms with Crippen LogP contribution in [0.4, 0.5) is 0 Å². The molecule has 0 radical (unpaired) electrons. The quantitative estimate of drug-likeness (QED) is 0.660. The molecule has 0 aliphatic heterocycles. The number of hydrogen-bond donors (Lipinski definition) is 0. The molecule has 0 saturated carbocycles. The van der Waals surface area contributed by atoms with Crippen molar-refractivity contribution in [2.24, 2.45) is 7.05 Å². The fraction of sp³-hybridized carbons (Fsp3) is 0.211. The molecule has 3 aromatic rings. The summed E-state index contributed by atoms with van der Waals surface area (Å²) >= 11 is 1.63. The van der Waals surface area contributed by atoms with Crippen LogP contribution < -0.4 is 0 Å². The topological polar surface area (TPSA) is 51.0 Å². The van der Waals surface area contributed by atoms with Crippen molar-refractivity contribution < 1.29 is 4.79 Å². The number of nitrogens with zero attached hydrogens (tertiary/aromatic N) is 4. The summed E-state index contributed by atoms with van der Waals surface area (Å²) in [5, 5.41) is 9.46. The minimum atomic E-state index is 0.0139. The van der Waals surface area contributed by atoms with Crippen LogP contribution in [0.2, 0.25) is 0 Å². The number of benzene rings is 2. The predicted octanol–water partition coefficient (Wildman–Crippen LogP) is 3.48. The summed E-state index contributed by atoms with van der Waals surface area (Å²) in [5.74, 6) is 1.65. The third-order valence-electron chi connectivity index (χ3n) is 3.84. The van der Waals surface area contributed by atoms with Gasteiger partial charge in [-0.25, -0.2) is 0 Å². The Hall–Kier alpha value is -2.60. The van der Waals surface area contributed by atoms with Crippen molar-refractivity contribution in [3.05, 3.63) is 65.7 Å². The Kier molecular flexibility index (Phi) is 5.19. The first-order valence-corrected chi connectivity index (χ1v) is 8.93. The fourth-order valence-electron chi connectivity index (χ4n) is 2.43. The summed E-state index contributed by atoms with van der Waals surface area (Å²) in [6.45, 7) is 0. The van der Waals surface area contributed by atoms with E-state index < -0.39 is 0 Å². The summed E-state index contributed by atoms with van der Waals surface area (Å²) in [5.41, 5.74) is 2.89. The summed E-state index contributed by atoms with van der Waals surface area (Å²) in [7, 11) is 5.48. The summed E-state index contributed by atoms with van der Waals surface area (Å²) in [6.07, 6.45) is 0. The van der Waals surface area contributed by atoms with Crippen molar-refractivity contribution in [3.63, 3.8) is 0 Å². The zero-order chi connectivity index (χ0) is 17.8. The molecule has 3 rings (SSSR count). The SMILES string of the molecule is CN(C)C(=O)c1ccc(CSc2nnc(-c3ccccc3)n2C)cc1. The van der Waals surface area contributed by atoms with E-state index >= 15 is 0 Å². The first kappa shape index (κ1) is 17.2. The number of amides is 1. The van der Waals surface area contributed by atoms with Gasteiger partial charge in [-0.05, 0) is 17.7 Å². The molecule has 0 aliphatic rings. The lowest BCUT2D eigenvalue weighted by Gasteiger charge is -2.10. The lowest BCUT2D eigenvalue weighted by Crippen LogP contribution is -2.21. The molecule has 0 unspecified atom stereocenters. The number of rotatable bonds is 5. The summed E-state index contributed by atoms with van der Waals surface area (Å²) in [4.78, 5) is 13.5. The van der Waals surface area contributed by atoms with E-state index in [2.05, 4.69) is 10.2 Å². The monoisotopic (exact) mass is 352 g/mol. The molecule has 0 fully saturated rings. The van der Waals surface area contributed by atoms with Gasteiger partial charge in [0.15, 0.2) is 11.0 Å². The first-order valence-electron chi connectivity index (χ1n) is 7.94. The van der Waals surface area contributed by atoms with E-state index in [-0.39, 0.29) is 5.91 Å². The van der Waals surface area contributed by atoms with E-state index in [0.29, 0.717) is 5.56 Å². The Bertz CT molecular complexity index is 857. The van der Waals surface area contributed by atoms with Crippen LogP contribution in [0.5, 0.6) is 0 Å². The van der Waals surface area contributed by atoms with Crippen LogP contribution in [-0.4, -0.2) is 39.7 Å². The number of carbonyl (C=O) groups excluding carboxylic acids is 1. The van der Waals surface area contributed by atoms with Gasteiger partial charge < -0.3 is 9.47 Å². The highest BCUT2D eigenvalue weighted by Gasteiger charge is 2.11. The van der Waals surface area contributed by atoms with Gasteiger partial charge in [0.05, 0.1) is 0 Å². The molecule has 25 heavy (non-hydrogen) atoms. The number of carbonyl (C=O) groups is 1. The van der Waals surface area contributed by atoms with Gasteiger partial charge >= 0.3 is 0 Å². The second-order valence-electron chi connectivity index (χ2n) is 5.92. The molecule has 1 amide bonds. The van der Waals surface area contributed by atoms with Gasteiger partial charge in [-0.3, -0.25) is 4.79 Å². The lowest BCUT2D eigenvalue weighted by atomic mass is 10.1. The van der Waals surface area contributed by atoms with E-state index in [1.54, 1.807) is 30.8 Å². The van der Waals surface area contributed by atoms with Gasteiger partial charge in [0.2, 0.25) is 0 Å². The smallest absolute Gasteiger partial charge is 0.253 e. The van der Waals surface area contributed by atoms with Crippen molar-refractivity contribution in [2.45, 2.75) is 10.9 Å². The second kappa shape index (κ2) is 7.53. The van der Waals surface area contributed by atoms with Crippen LogP contribution in [0, 0.1) is 0 Å². The van der Waals surface area contributed by atoms with E-state index in [0.717, 1.165) is 27.9 Å². The van der Waals surface area contributed by atoms with E-state index in [1.165, 1.54) is 0 Å². The highest BCUT2D eigenvalue weighted by molar-refractivity contribution is 7.98. The second-order valence-corrected chi connectivity index (χ2v) is 6.86. The normalized spacial score (nSPS) is 10.7. The van der Waals surface area contributed by atoms with Crippen molar-refractivity contribution in [2.75, 3.05) is 14.1 Å². The standard InChI is InChI=1S/C19H20N4OS/c1-22(2)18(24)16-11-9-14(10-12-16)13-25-19-21-20-17(23(19)3)15-7-5-4-6-8-15/h4-12H,13H2,1-3H3. The molecule has 0 saturated heterocycles. The maximum atomic E-state index is 11.9. The van der Waals surface area contributed by atoms with E-state index in [4.69, 9.17) is 0 Å². The lowest BCUT2D eigenvalue weighted by molar-refractivity contribution is 0.0827. The molecule has 1 heterocycles. The number of aromatic nitrogens is 3. The Morgan fingerprint density at radius 1 is 1.04 bits per heavy atom.